The van der Waals surface area contributed by atoms with E-state index in [9.17, 15) is 39.0 Å². The van der Waals surface area contributed by atoms with Gasteiger partial charge in [0, 0.05) is 97.5 Å². The predicted octanol–water partition coefficient (Wildman–Crippen LogP) is 5.13. The van der Waals surface area contributed by atoms with Crippen molar-refractivity contribution in [2.45, 2.75) is 72.1 Å². The van der Waals surface area contributed by atoms with Crippen molar-refractivity contribution in [1.29, 1.82) is 0 Å². The summed E-state index contributed by atoms with van der Waals surface area (Å²) in [6.07, 6.45) is -0.471. The minimum Gasteiger partial charge on any atom is -0.508 e. The van der Waals surface area contributed by atoms with E-state index in [2.05, 4.69) is 26.8 Å². The first kappa shape index (κ1) is 44.0. The van der Waals surface area contributed by atoms with Crippen LogP contribution in [0.5, 0.6) is 17.2 Å². The maximum absolute atomic E-state index is 15.2. The first-order chi connectivity index (χ1) is 30.1. The number of fused-ring (bicyclic) bond motifs is 1. The Morgan fingerprint density at radius 1 is 0.905 bits per heavy atom. The number of phenolic OH excluding ortho intramolecular Hbond substituents is 2. The van der Waals surface area contributed by atoms with Crippen molar-refractivity contribution < 1.29 is 48.1 Å². The van der Waals surface area contributed by atoms with Gasteiger partial charge in [-0.05, 0) is 85.3 Å². The normalized spacial score (nSPS) is 16.5. The molecule has 17 nitrogen and oxygen atoms in total. The first-order valence-electron chi connectivity index (χ1n) is 20.6. The summed E-state index contributed by atoms with van der Waals surface area (Å²) >= 11 is 0. The molecule has 3 aliphatic heterocycles. The van der Waals surface area contributed by atoms with E-state index in [1.54, 1.807) is 67.3 Å². The number of ether oxygens (including phenoxy) is 1. The van der Waals surface area contributed by atoms with E-state index in [-0.39, 0.29) is 72.5 Å². The number of phenols is 2. The molecule has 7 N–H and O–H groups in total. The van der Waals surface area contributed by atoms with E-state index >= 15 is 4.39 Å². The summed E-state index contributed by atoms with van der Waals surface area (Å²) in [5.74, 6) is -1.82. The van der Waals surface area contributed by atoms with E-state index < -0.39 is 29.9 Å². The van der Waals surface area contributed by atoms with E-state index in [0.29, 0.717) is 82.9 Å². The van der Waals surface area contributed by atoms with Crippen molar-refractivity contribution in [3.63, 3.8) is 0 Å². The van der Waals surface area contributed by atoms with Crippen LogP contribution in [0, 0.1) is 19.7 Å². The summed E-state index contributed by atoms with van der Waals surface area (Å²) in [6.45, 7) is 9.51. The van der Waals surface area contributed by atoms with Gasteiger partial charge in [0.1, 0.15) is 29.1 Å². The molecule has 2 fully saturated rings. The molecule has 1 atom stereocenters. The number of aromatic hydroxyl groups is 2. The molecule has 3 heterocycles. The highest BCUT2D eigenvalue weighted by Crippen LogP contribution is 2.34. The zero-order valence-corrected chi connectivity index (χ0v) is 35.3. The molecular weight excluding hydrogens is 816 g/mol. The number of piperazine rings is 1. The van der Waals surface area contributed by atoms with Crippen LogP contribution in [0.3, 0.4) is 0 Å². The van der Waals surface area contributed by atoms with Crippen LogP contribution in [0.2, 0.25) is 0 Å². The number of urea groups is 1. The Kier molecular flexibility index (Phi) is 12.9. The molecule has 18 heteroatoms. The maximum Gasteiger partial charge on any atom is 0.417 e. The number of halogens is 1. The summed E-state index contributed by atoms with van der Waals surface area (Å²) in [5.41, 5.74) is 9.71. The average molecular weight is 865 g/mol. The third-order valence-electron chi connectivity index (χ3n) is 11.4. The quantitative estimate of drug-likeness (QED) is 0.0774. The zero-order valence-electron chi connectivity index (χ0n) is 35.3. The van der Waals surface area contributed by atoms with Gasteiger partial charge in [0.25, 0.3) is 11.8 Å². The number of aryl methyl sites for hydroxylation is 2. The van der Waals surface area contributed by atoms with Crippen molar-refractivity contribution in [1.82, 2.24) is 30.9 Å². The molecule has 4 aromatic rings. The van der Waals surface area contributed by atoms with Crippen LogP contribution in [0.15, 0.2) is 60.7 Å². The number of carbonyl (C=O) groups is 6. The van der Waals surface area contributed by atoms with Crippen molar-refractivity contribution in [3.8, 4) is 17.2 Å². The summed E-state index contributed by atoms with van der Waals surface area (Å²) in [7, 11) is 0. The van der Waals surface area contributed by atoms with Crippen molar-refractivity contribution >= 4 is 47.1 Å². The van der Waals surface area contributed by atoms with Gasteiger partial charge < -0.3 is 30.1 Å². The Hall–Kier alpha value is -7.05. The molecule has 2 saturated heterocycles. The highest BCUT2D eigenvalue weighted by molar-refractivity contribution is 6.06. The Balaban J connectivity index is 0.879. The molecule has 330 valence electrons. The van der Waals surface area contributed by atoms with Gasteiger partial charge in [-0.1, -0.05) is 26.0 Å². The van der Waals surface area contributed by atoms with Crippen LogP contribution in [0.4, 0.5) is 25.4 Å². The molecule has 0 bridgehead atoms. The Bertz CT molecular complexity index is 2480. The number of hydrogen-bond donors (Lipinski definition) is 7. The van der Waals surface area contributed by atoms with Gasteiger partial charge in [-0.3, -0.25) is 40.1 Å². The SMILES string of the molecule is Cc1cc(C(=O)N2CCN(Cc3ccc(NC(=O)NNCc4cc(C(C)C)c(O)cc4O)cc3F)CC2)cc(C)c1OC(=O)Nc1cccc2c1CN(C1CCC(=O)NC1=O)C2=O. The molecule has 7 amide bonds. The minimum absolute atomic E-state index is 0.0113. The van der Waals surface area contributed by atoms with Crippen molar-refractivity contribution in [2.24, 2.45) is 0 Å². The lowest BCUT2D eigenvalue weighted by atomic mass is 9.99. The number of nitrogens with one attached hydrogen (secondary N) is 5. The molecule has 0 saturated carbocycles. The molecule has 7 rings (SSSR count). The van der Waals surface area contributed by atoms with Crippen molar-refractivity contribution in [2.75, 3.05) is 36.8 Å². The number of rotatable bonds is 11. The molecule has 0 aromatic heterocycles. The third-order valence-corrected chi connectivity index (χ3v) is 11.4. The lowest BCUT2D eigenvalue weighted by Crippen LogP contribution is -2.52. The number of nitrogens with zero attached hydrogens (tertiary/aromatic N) is 3. The van der Waals surface area contributed by atoms with Gasteiger partial charge in [0.2, 0.25) is 11.8 Å². The Morgan fingerprint density at radius 3 is 2.32 bits per heavy atom. The van der Waals surface area contributed by atoms with E-state index in [1.165, 1.54) is 17.0 Å². The molecule has 0 aliphatic carbocycles. The van der Waals surface area contributed by atoms with E-state index in [0.717, 1.165) is 0 Å². The van der Waals surface area contributed by atoms with Gasteiger partial charge in [0.15, 0.2) is 0 Å². The molecular formula is C45H49FN8O9. The molecule has 4 aromatic carbocycles. The first-order valence-corrected chi connectivity index (χ1v) is 20.6. The highest BCUT2D eigenvalue weighted by atomic mass is 19.1. The second kappa shape index (κ2) is 18.5. The topological polar surface area (TPSA) is 222 Å². The maximum atomic E-state index is 15.2. The highest BCUT2D eigenvalue weighted by Gasteiger charge is 2.40. The lowest BCUT2D eigenvalue weighted by Gasteiger charge is -2.35. The fourth-order valence-electron chi connectivity index (χ4n) is 8.08. The van der Waals surface area contributed by atoms with Gasteiger partial charge >= 0.3 is 12.1 Å². The van der Waals surface area contributed by atoms with Crippen LogP contribution in [-0.2, 0) is 29.2 Å². The fourth-order valence-corrected chi connectivity index (χ4v) is 8.08. The van der Waals surface area contributed by atoms with Gasteiger partial charge in [-0.2, -0.15) is 0 Å². The number of imide groups is 1. The molecule has 0 radical (unpaired) electrons. The molecule has 63 heavy (non-hydrogen) atoms. The van der Waals surface area contributed by atoms with Crippen molar-refractivity contribution in [3.05, 3.63) is 111 Å². The van der Waals surface area contributed by atoms with Crippen LogP contribution in [-0.4, -0.2) is 92.9 Å². The molecule has 3 aliphatic rings. The number of amides is 7. The van der Waals surface area contributed by atoms with E-state index in [4.69, 9.17) is 4.74 Å². The van der Waals surface area contributed by atoms with Crippen LogP contribution in [0.25, 0.3) is 0 Å². The number of piperidine rings is 1. The number of hydrogen-bond acceptors (Lipinski definition) is 11. The van der Waals surface area contributed by atoms with Crippen LogP contribution in [0.1, 0.15) is 86.7 Å². The Labute approximate surface area is 362 Å². The molecule has 1 unspecified atom stereocenters. The molecule has 0 spiro atoms. The number of hydrazine groups is 1. The summed E-state index contributed by atoms with van der Waals surface area (Å²) in [6, 6.07) is 14.1. The van der Waals surface area contributed by atoms with Gasteiger partial charge in [-0.15, -0.1) is 0 Å². The Morgan fingerprint density at radius 2 is 1.63 bits per heavy atom. The second-order valence-electron chi connectivity index (χ2n) is 16.2. The number of carbonyl (C=O) groups excluding carboxylic acids is 6. The predicted molar refractivity (Wildman–Crippen MR) is 228 cm³/mol. The summed E-state index contributed by atoms with van der Waals surface area (Å²) < 4.78 is 20.9. The second-order valence-corrected chi connectivity index (χ2v) is 16.2. The van der Waals surface area contributed by atoms with Gasteiger partial charge in [0.05, 0.1) is 0 Å². The van der Waals surface area contributed by atoms with E-state index in [1.807, 2.05) is 18.7 Å². The largest absolute Gasteiger partial charge is 0.508 e. The smallest absolute Gasteiger partial charge is 0.417 e. The average Bonchev–Trinajstić information content (AvgIpc) is 3.57. The lowest BCUT2D eigenvalue weighted by molar-refractivity contribution is -0.136. The number of benzene rings is 4. The summed E-state index contributed by atoms with van der Waals surface area (Å²) in [5, 5.41) is 27.8. The zero-order chi connectivity index (χ0) is 45.1. The standard InChI is InChI=1S/C45H49FN8O9/c1-24(2)32-18-29(37(55)20-38(32)56)21-47-51-44(61)48-30-9-8-27(34(46)19-30)22-52-12-14-53(15-13-52)42(59)28-16-25(3)40(26(4)17-28)63-45(62)49-35-7-5-6-31-33(35)23-54(43(31)60)36-10-11-39(57)50-41(36)58/h5-9,16-20,24,36,47,55-56H,10-15,21-23H2,1-4H3,(H,49,62)(H2,48,51,61)(H,50,57,58). The fraction of sp³-hybridized carbons (Fsp3) is 0.333. The monoisotopic (exact) mass is 864 g/mol. The van der Waals surface area contributed by atoms with Gasteiger partial charge in [-0.25, -0.2) is 19.4 Å². The minimum atomic E-state index is -0.803. The third kappa shape index (κ3) is 9.87. The van der Waals surface area contributed by atoms with Crippen LogP contribution >= 0.6 is 0 Å². The summed E-state index contributed by atoms with van der Waals surface area (Å²) in [4.78, 5) is 81.8. The number of anilines is 2. The van der Waals surface area contributed by atoms with Crippen LogP contribution < -0.4 is 31.5 Å².